The van der Waals surface area contributed by atoms with E-state index in [-0.39, 0.29) is 0 Å². The molecule has 2 rings (SSSR count). The third-order valence-electron chi connectivity index (χ3n) is 2.73. The van der Waals surface area contributed by atoms with Crippen LogP contribution in [0.25, 0.3) is 0 Å². The molecule has 0 aliphatic carbocycles. The van der Waals surface area contributed by atoms with Crippen molar-refractivity contribution in [1.82, 2.24) is 0 Å². The Balaban J connectivity index is 1.94. The molecule has 0 heterocycles. The highest BCUT2D eigenvalue weighted by atomic mass is 35.5. The molecule has 0 unspecified atom stereocenters. The second kappa shape index (κ2) is 6.43. The molecule has 0 aliphatic heterocycles. The Labute approximate surface area is 112 Å². The van der Waals surface area contributed by atoms with E-state index in [2.05, 4.69) is 12.1 Å². The Hall–Kier alpha value is -1.51. The van der Waals surface area contributed by atoms with E-state index in [4.69, 9.17) is 22.1 Å². The number of hydrogen-bond donors (Lipinski definition) is 1. The molecule has 2 aromatic carbocycles. The number of hydrogen-bond acceptors (Lipinski definition) is 2. The maximum absolute atomic E-state index is 5.91. The van der Waals surface area contributed by atoms with Gasteiger partial charge in [0.2, 0.25) is 0 Å². The van der Waals surface area contributed by atoms with E-state index in [1.54, 1.807) is 0 Å². The predicted octanol–water partition coefficient (Wildman–Crippen LogP) is 3.42. The third-order valence-corrected chi connectivity index (χ3v) is 2.97. The normalized spacial score (nSPS) is 10.3. The number of halogens is 1. The maximum Gasteiger partial charge on any atom is 0.123 e. The molecule has 0 radical (unpaired) electrons. The van der Waals surface area contributed by atoms with Crippen LogP contribution < -0.4 is 10.5 Å². The van der Waals surface area contributed by atoms with Gasteiger partial charge in [0.1, 0.15) is 5.75 Å². The minimum absolute atomic E-state index is 0.432. The molecule has 3 heteroatoms. The van der Waals surface area contributed by atoms with Gasteiger partial charge in [-0.2, -0.15) is 0 Å². The summed E-state index contributed by atoms with van der Waals surface area (Å²) in [6.07, 6.45) is 0.882. The number of nitrogens with two attached hydrogens (primary N) is 1. The zero-order chi connectivity index (χ0) is 12.8. The largest absolute Gasteiger partial charge is 0.493 e. The van der Waals surface area contributed by atoms with Crippen LogP contribution in [0.15, 0.2) is 48.5 Å². The Morgan fingerprint density at radius 1 is 1.06 bits per heavy atom. The molecular formula is C15H16ClNO. The van der Waals surface area contributed by atoms with Gasteiger partial charge in [-0.05, 0) is 23.8 Å². The first kappa shape index (κ1) is 12.9. The molecule has 0 saturated carbocycles. The molecule has 0 saturated heterocycles. The van der Waals surface area contributed by atoms with Gasteiger partial charge in [0.05, 0.1) is 6.61 Å². The van der Waals surface area contributed by atoms with Gasteiger partial charge in [0.15, 0.2) is 0 Å². The van der Waals surface area contributed by atoms with Crippen LogP contribution in [0.5, 0.6) is 5.75 Å². The molecule has 0 fully saturated rings. The Morgan fingerprint density at radius 3 is 2.56 bits per heavy atom. The van der Waals surface area contributed by atoms with Gasteiger partial charge in [0, 0.05) is 23.6 Å². The molecule has 0 amide bonds. The van der Waals surface area contributed by atoms with E-state index in [0.29, 0.717) is 18.2 Å². The minimum Gasteiger partial charge on any atom is -0.493 e. The van der Waals surface area contributed by atoms with Gasteiger partial charge in [0.25, 0.3) is 0 Å². The molecule has 0 aliphatic rings. The molecule has 0 bridgehead atoms. The first-order chi connectivity index (χ1) is 8.79. The Morgan fingerprint density at radius 2 is 1.83 bits per heavy atom. The van der Waals surface area contributed by atoms with E-state index in [1.165, 1.54) is 5.56 Å². The Kier molecular flexibility index (Phi) is 4.62. The summed E-state index contributed by atoms with van der Waals surface area (Å²) in [5.74, 6) is 0.817. The van der Waals surface area contributed by atoms with Crippen molar-refractivity contribution < 1.29 is 4.74 Å². The molecule has 2 N–H and O–H groups in total. The van der Waals surface area contributed by atoms with Crippen molar-refractivity contribution in [2.75, 3.05) is 6.61 Å². The zero-order valence-corrected chi connectivity index (χ0v) is 10.9. The van der Waals surface area contributed by atoms with Crippen molar-refractivity contribution in [2.24, 2.45) is 5.73 Å². The summed E-state index contributed by atoms with van der Waals surface area (Å²) in [5, 5.41) is 0.686. The van der Waals surface area contributed by atoms with Gasteiger partial charge >= 0.3 is 0 Å². The summed E-state index contributed by atoms with van der Waals surface area (Å²) in [7, 11) is 0. The molecule has 18 heavy (non-hydrogen) atoms. The summed E-state index contributed by atoms with van der Waals surface area (Å²) >= 11 is 5.91. The van der Waals surface area contributed by atoms with E-state index in [1.807, 2.05) is 36.4 Å². The standard InChI is InChI=1S/C15H16ClNO/c16-14-6-7-15(13(10-14)11-17)18-9-8-12-4-2-1-3-5-12/h1-7,10H,8-9,11,17H2. The van der Waals surface area contributed by atoms with Gasteiger partial charge in [-0.15, -0.1) is 0 Å². The predicted molar refractivity (Wildman–Crippen MR) is 75.0 cm³/mol. The van der Waals surface area contributed by atoms with Crippen molar-refractivity contribution >= 4 is 11.6 Å². The van der Waals surface area contributed by atoms with E-state index >= 15 is 0 Å². The average Bonchev–Trinajstić information content (AvgIpc) is 2.41. The van der Waals surface area contributed by atoms with Crippen LogP contribution in [0, 0.1) is 0 Å². The van der Waals surface area contributed by atoms with Gasteiger partial charge in [-0.3, -0.25) is 0 Å². The van der Waals surface area contributed by atoms with Crippen molar-refractivity contribution in [3.8, 4) is 5.75 Å². The summed E-state index contributed by atoms with van der Waals surface area (Å²) in [4.78, 5) is 0. The molecule has 2 aromatic rings. The van der Waals surface area contributed by atoms with Crippen LogP contribution in [-0.2, 0) is 13.0 Å². The highest BCUT2D eigenvalue weighted by molar-refractivity contribution is 6.30. The Bertz CT molecular complexity index is 499. The lowest BCUT2D eigenvalue weighted by Gasteiger charge is -2.10. The van der Waals surface area contributed by atoms with Crippen molar-refractivity contribution in [2.45, 2.75) is 13.0 Å². The monoisotopic (exact) mass is 261 g/mol. The summed E-state index contributed by atoms with van der Waals surface area (Å²) in [5.41, 5.74) is 7.87. The number of ether oxygens (including phenoxy) is 1. The highest BCUT2D eigenvalue weighted by Gasteiger charge is 2.03. The SMILES string of the molecule is NCc1cc(Cl)ccc1OCCc1ccccc1. The lowest BCUT2D eigenvalue weighted by Crippen LogP contribution is -2.05. The van der Waals surface area contributed by atoms with E-state index < -0.39 is 0 Å². The lowest BCUT2D eigenvalue weighted by molar-refractivity contribution is 0.318. The highest BCUT2D eigenvalue weighted by Crippen LogP contribution is 2.22. The second-order valence-corrected chi connectivity index (χ2v) is 4.48. The first-order valence-electron chi connectivity index (χ1n) is 5.95. The van der Waals surface area contributed by atoms with Crippen LogP contribution >= 0.6 is 11.6 Å². The molecule has 0 spiro atoms. The maximum atomic E-state index is 5.91. The molecule has 0 atom stereocenters. The van der Waals surface area contributed by atoms with Gasteiger partial charge in [-0.1, -0.05) is 41.9 Å². The average molecular weight is 262 g/mol. The fourth-order valence-corrected chi connectivity index (χ4v) is 1.97. The smallest absolute Gasteiger partial charge is 0.123 e. The van der Waals surface area contributed by atoms with Crippen molar-refractivity contribution in [3.63, 3.8) is 0 Å². The summed E-state index contributed by atoms with van der Waals surface area (Å²) in [6, 6.07) is 15.8. The van der Waals surface area contributed by atoms with Crippen LogP contribution in [0.1, 0.15) is 11.1 Å². The van der Waals surface area contributed by atoms with Gasteiger partial charge < -0.3 is 10.5 Å². The number of rotatable bonds is 5. The first-order valence-corrected chi connectivity index (χ1v) is 6.32. The van der Waals surface area contributed by atoms with Crippen LogP contribution in [-0.4, -0.2) is 6.61 Å². The fourth-order valence-electron chi connectivity index (χ4n) is 1.77. The fraction of sp³-hybridized carbons (Fsp3) is 0.200. The van der Waals surface area contributed by atoms with Crippen LogP contribution in [0.2, 0.25) is 5.02 Å². The summed E-state index contributed by atoms with van der Waals surface area (Å²) in [6.45, 7) is 1.07. The van der Waals surface area contributed by atoms with Crippen molar-refractivity contribution in [3.05, 3.63) is 64.7 Å². The van der Waals surface area contributed by atoms with Crippen LogP contribution in [0.3, 0.4) is 0 Å². The second-order valence-electron chi connectivity index (χ2n) is 4.04. The van der Waals surface area contributed by atoms with E-state index in [0.717, 1.165) is 17.7 Å². The molecular weight excluding hydrogens is 246 g/mol. The minimum atomic E-state index is 0.432. The van der Waals surface area contributed by atoms with Crippen molar-refractivity contribution in [1.29, 1.82) is 0 Å². The van der Waals surface area contributed by atoms with Crippen LogP contribution in [0.4, 0.5) is 0 Å². The summed E-state index contributed by atoms with van der Waals surface area (Å²) < 4.78 is 5.75. The molecule has 94 valence electrons. The van der Waals surface area contributed by atoms with Gasteiger partial charge in [-0.25, -0.2) is 0 Å². The molecule has 0 aromatic heterocycles. The third kappa shape index (κ3) is 3.49. The zero-order valence-electron chi connectivity index (χ0n) is 10.1. The molecule has 2 nitrogen and oxygen atoms in total. The number of benzene rings is 2. The van der Waals surface area contributed by atoms with E-state index in [9.17, 15) is 0 Å². The topological polar surface area (TPSA) is 35.2 Å². The quantitative estimate of drug-likeness (QED) is 0.895. The lowest BCUT2D eigenvalue weighted by atomic mass is 10.1.